The van der Waals surface area contributed by atoms with Crippen molar-refractivity contribution in [3.63, 3.8) is 0 Å². The zero-order valence-corrected chi connectivity index (χ0v) is 10.1. The maximum Gasteiger partial charge on any atom is 0.339 e. The van der Waals surface area contributed by atoms with Crippen molar-refractivity contribution >= 4 is 28.6 Å². The second-order valence-corrected chi connectivity index (χ2v) is 3.84. The van der Waals surface area contributed by atoms with Gasteiger partial charge in [-0.15, -0.1) is 0 Å². The van der Waals surface area contributed by atoms with Crippen LogP contribution in [0.1, 0.15) is 22.8 Å². The SMILES string of the molecule is CCOC(=O)c1cc(C#N)c(O)cc1I. The van der Waals surface area contributed by atoms with Crippen LogP contribution in [0.15, 0.2) is 12.1 Å². The number of carbonyl (C=O) groups is 1. The lowest BCUT2D eigenvalue weighted by molar-refractivity contribution is 0.0525. The number of carbonyl (C=O) groups excluding carboxylic acids is 1. The van der Waals surface area contributed by atoms with Crippen molar-refractivity contribution in [2.75, 3.05) is 6.61 Å². The molecule has 0 aliphatic carbocycles. The summed E-state index contributed by atoms with van der Waals surface area (Å²) in [4.78, 5) is 11.4. The Morgan fingerprint density at radius 1 is 1.67 bits per heavy atom. The van der Waals surface area contributed by atoms with Crippen LogP contribution in [-0.2, 0) is 4.74 Å². The summed E-state index contributed by atoms with van der Waals surface area (Å²) in [5.41, 5.74) is 0.366. The molecule has 0 aliphatic heterocycles. The van der Waals surface area contributed by atoms with E-state index in [2.05, 4.69) is 0 Å². The van der Waals surface area contributed by atoms with Crippen LogP contribution in [-0.4, -0.2) is 17.7 Å². The Kier molecular flexibility index (Phi) is 3.91. The lowest BCUT2D eigenvalue weighted by Crippen LogP contribution is -2.07. The van der Waals surface area contributed by atoms with Crippen molar-refractivity contribution in [2.24, 2.45) is 0 Å². The second kappa shape index (κ2) is 4.98. The monoisotopic (exact) mass is 317 g/mol. The Balaban J connectivity index is 3.20. The van der Waals surface area contributed by atoms with Crippen LogP contribution in [0.25, 0.3) is 0 Å². The first-order valence-electron chi connectivity index (χ1n) is 4.19. The molecule has 0 spiro atoms. The molecule has 5 heteroatoms. The number of rotatable bonds is 2. The van der Waals surface area contributed by atoms with Crippen LogP contribution in [0.5, 0.6) is 5.75 Å². The van der Waals surface area contributed by atoms with Gasteiger partial charge in [0.2, 0.25) is 0 Å². The Bertz CT molecular complexity index is 437. The number of benzene rings is 1. The zero-order chi connectivity index (χ0) is 11.4. The largest absolute Gasteiger partial charge is 0.507 e. The van der Waals surface area contributed by atoms with Crippen molar-refractivity contribution in [3.8, 4) is 11.8 Å². The highest BCUT2D eigenvalue weighted by molar-refractivity contribution is 14.1. The van der Waals surface area contributed by atoms with Crippen molar-refractivity contribution in [1.29, 1.82) is 5.26 Å². The zero-order valence-electron chi connectivity index (χ0n) is 7.95. The van der Waals surface area contributed by atoms with Gasteiger partial charge in [-0.3, -0.25) is 0 Å². The van der Waals surface area contributed by atoms with Crippen molar-refractivity contribution < 1.29 is 14.6 Å². The molecule has 0 fully saturated rings. The van der Waals surface area contributed by atoms with E-state index in [-0.39, 0.29) is 17.9 Å². The molecule has 0 amide bonds. The first-order valence-corrected chi connectivity index (χ1v) is 5.27. The summed E-state index contributed by atoms with van der Waals surface area (Å²) in [7, 11) is 0. The van der Waals surface area contributed by atoms with Gasteiger partial charge < -0.3 is 9.84 Å². The Morgan fingerprint density at radius 2 is 2.33 bits per heavy atom. The molecule has 4 nitrogen and oxygen atoms in total. The number of aromatic hydroxyl groups is 1. The number of phenols is 1. The van der Waals surface area contributed by atoms with Gasteiger partial charge in [-0.25, -0.2) is 4.79 Å². The predicted octanol–water partition coefficient (Wildman–Crippen LogP) is 2.05. The van der Waals surface area contributed by atoms with Crippen molar-refractivity contribution in [1.82, 2.24) is 0 Å². The van der Waals surface area contributed by atoms with E-state index < -0.39 is 5.97 Å². The van der Waals surface area contributed by atoms with E-state index in [1.54, 1.807) is 13.0 Å². The number of ether oxygens (including phenoxy) is 1. The molecule has 1 aromatic rings. The van der Waals surface area contributed by atoms with E-state index in [0.29, 0.717) is 9.13 Å². The van der Waals surface area contributed by atoms with E-state index in [1.807, 2.05) is 22.6 Å². The Hall–Kier alpha value is -1.29. The molecule has 1 aromatic carbocycles. The highest BCUT2D eigenvalue weighted by Crippen LogP contribution is 2.23. The summed E-state index contributed by atoms with van der Waals surface area (Å²) in [6.45, 7) is 1.98. The van der Waals surface area contributed by atoms with Gasteiger partial charge in [0, 0.05) is 3.57 Å². The third-order valence-electron chi connectivity index (χ3n) is 1.70. The van der Waals surface area contributed by atoms with Crippen LogP contribution in [0.2, 0.25) is 0 Å². The third kappa shape index (κ3) is 2.59. The van der Waals surface area contributed by atoms with Gasteiger partial charge >= 0.3 is 5.97 Å². The number of hydrogen-bond donors (Lipinski definition) is 1. The standard InChI is InChI=1S/C10H8INO3/c1-2-15-10(14)7-3-6(5-12)9(13)4-8(7)11/h3-4,13H,2H2,1H3. The normalized spacial score (nSPS) is 9.40. The molecule has 0 aliphatic rings. The van der Waals surface area contributed by atoms with Crippen LogP contribution in [0.4, 0.5) is 0 Å². The molecule has 0 atom stereocenters. The first kappa shape index (κ1) is 11.8. The summed E-state index contributed by atoms with van der Waals surface area (Å²) < 4.78 is 5.37. The lowest BCUT2D eigenvalue weighted by atomic mass is 10.1. The average Bonchev–Trinajstić information content (AvgIpc) is 2.18. The summed E-state index contributed by atoms with van der Waals surface area (Å²) in [6.07, 6.45) is 0. The number of esters is 1. The van der Waals surface area contributed by atoms with Crippen molar-refractivity contribution in [3.05, 3.63) is 26.8 Å². The van der Waals surface area contributed by atoms with Crippen LogP contribution in [0.3, 0.4) is 0 Å². The maximum atomic E-state index is 11.4. The molecular weight excluding hydrogens is 309 g/mol. The van der Waals surface area contributed by atoms with Gasteiger partial charge in [-0.05, 0) is 41.6 Å². The summed E-state index contributed by atoms with van der Waals surface area (Å²) in [5, 5.41) is 18.0. The van der Waals surface area contributed by atoms with E-state index in [1.165, 1.54) is 12.1 Å². The number of phenolic OH excluding ortho intramolecular Hbond substituents is 1. The molecule has 1 N–H and O–H groups in total. The number of nitriles is 1. The number of halogens is 1. The highest BCUT2D eigenvalue weighted by atomic mass is 127. The minimum Gasteiger partial charge on any atom is -0.507 e. The molecule has 0 radical (unpaired) electrons. The van der Waals surface area contributed by atoms with Gasteiger partial charge in [0.15, 0.2) is 0 Å². The first-order chi connectivity index (χ1) is 7.10. The molecule has 0 saturated heterocycles. The van der Waals surface area contributed by atoms with Crippen LogP contribution in [0, 0.1) is 14.9 Å². The fourth-order valence-corrected chi connectivity index (χ4v) is 1.69. The number of hydrogen-bond acceptors (Lipinski definition) is 4. The van der Waals surface area contributed by atoms with Gasteiger partial charge in [0.05, 0.1) is 17.7 Å². The van der Waals surface area contributed by atoms with Crippen molar-refractivity contribution in [2.45, 2.75) is 6.92 Å². The van der Waals surface area contributed by atoms with Gasteiger partial charge in [0.1, 0.15) is 11.8 Å². The lowest BCUT2D eigenvalue weighted by Gasteiger charge is -2.05. The minimum absolute atomic E-state index is 0.0680. The predicted molar refractivity (Wildman–Crippen MR) is 61.5 cm³/mol. The minimum atomic E-state index is -0.488. The van der Waals surface area contributed by atoms with E-state index in [9.17, 15) is 9.90 Å². The maximum absolute atomic E-state index is 11.4. The molecule has 1 rings (SSSR count). The van der Waals surface area contributed by atoms with Gasteiger partial charge in [0.25, 0.3) is 0 Å². The third-order valence-corrected chi connectivity index (χ3v) is 2.59. The molecule has 0 heterocycles. The van der Waals surface area contributed by atoms with Crippen LogP contribution >= 0.6 is 22.6 Å². The van der Waals surface area contributed by atoms with Crippen LogP contribution < -0.4 is 0 Å². The summed E-state index contributed by atoms with van der Waals surface area (Å²) >= 11 is 1.90. The fraction of sp³-hybridized carbons (Fsp3) is 0.200. The summed E-state index contributed by atoms with van der Waals surface area (Å²) in [5.74, 6) is -0.617. The molecular formula is C10H8INO3. The van der Waals surface area contributed by atoms with E-state index in [4.69, 9.17) is 10.00 Å². The molecule has 0 unspecified atom stereocenters. The van der Waals surface area contributed by atoms with E-state index in [0.717, 1.165) is 0 Å². The Labute approximate surface area is 101 Å². The summed E-state index contributed by atoms with van der Waals surface area (Å²) in [6, 6.07) is 4.49. The molecule has 15 heavy (non-hydrogen) atoms. The fourth-order valence-electron chi connectivity index (χ4n) is 1.02. The van der Waals surface area contributed by atoms with Gasteiger partial charge in [-0.2, -0.15) is 5.26 Å². The topological polar surface area (TPSA) is 70.3 Å². The van der Waals surface area contributed by atoms with Gasteiger partial charge in [-0.1, -0.05) is 0 Å². The highest BCUT2D eigenvalue weighted by Gasteiger charge is 2.14. The molecule has 0 saturated carbocycles. The van der Waals surface area contributed by atoms with E-state index >= 15 is 0 Å². The number of nitrogens with zero attached hydrogens (tertiary/aromatic N) is 1. The quantitative estimate of drug-likeness (QED) is 0.669. The molecule has 78 valence electrons. The Morgan fingerprint density at radius 3 is 2.87 bits per heavy atom. The second-order valence-electron chi connectivity index (χ2n) is 2.68. The smallest absolute Gasteiger partial charge is 0.339 e. The average molecular weight is 317 g/mol. The molecule has 0 aromatic heterocycles. The molecule has 0 bridgehead atoms.